The standard InChI is InChI=1S/C12H21N3O/c1-15(2)14-12(8-13)11-6-4-5-10(7-11)9-16-3/h4-7,12,14H,8-9,13H2,1-3H3. The normalized spacial score (nSPS) is 13.1. The zero-order chi connectivity index (χ0) is 12.0. The van der Waals surface area contributed by atoms with Gasteiger partial charge in [-0.05, 0) is 11.1 Å². The maximum atomic E-state index is 5.76. The SMILES string of the molecule is COCc1cccc(C(CN)NN(C)C)c1. The molecule has 1 aromatic carbocycles. The van der Waals surface area contributed by atoms with Crippen molar-refractivity contribution < 1.29 is 4.74 Å². The molecule has 3 N–H and O–H groups in total. The lowest BCUT2D eigenvalue weighted by Crippen LogP contribution is -2.38. The Morgan fingerprint density at radius 3 is 2.75 bits per heavy atom. The van der Waals surface area contributed by atoms with Crippen molar-refractivity contribution in [2.45, 2.75) is 12.6 Å². The number of ether oxygens (including phenoxy) is 1. The van der Waals surface area contributed by atoms with Gasteiger partial charge in [-0.15, -0.1) is 0 Å². The fraction of sp³-hybridized carbons (Fsp3) is 0.500. The van der Waals surface area contributed by atoms with E-state index in [1.54, 1.807) is 7.11 Å². The van der Waals surface area contributed by atoms with E-state index < -0.39 is 0 Å². The van der Waals surface area contributed by atoms with Crippen LogP contribution in [0.3, 0.4) is 0 Å². The summed E-state index contributed by atoms with van der Waals surface area (Å²) in [6.07, 6.45) is 0. The van der Waals surface area contributed by atoms with Gasteiger partial charge in [0.1, 0.15) is 0 Å². The average Bonchev–Trinajstić information content (AvgIpc) is 2.26. The lowest BCUT2D eigenvalue weighted by Gasteiger charge is -2.22. The van der Waals surface area contributed by atoms with E-state index in [9.17, 15) is 0 Å². The molecule has 0 aliphatic carbocycles. The number of methoxy groups -OCH3 is 1. The van der Waals surface area contributed by atoms with Gasteiger partial charge in [0.2, 0.25) is 0 Å². The molecule has 0 fully saturated rings. The van der Waals surface area contributed by atoms with E-state index in [1.807, 2.05) is 25.2 Å². The number of rotatable bonds is 6. The van der Waals surface area contributed by atoms with Crippen LogP contribution in [0.1, 0.15) is 17.2 Å². The molecule has 0 spiro atoms. The minimum absolute atomic E-state index is 0.145. The highest BCUT2D eigenvalue weighted by Gasteiger charge is 2.10. The first-order chi connectivity index (χ1) is 7.67. The summed E-state index contributed by atoms with van der Waals surface area (Å²) in [6.45, 7) is 1.20. The molecule has 0 aliphatic rings. The number of hydrogen-bond donors (Lipinski definition) is 2. The summed E-state index contributed by atoms with van der Waals surface area (Å²) in [6, 6.07) is 8.43. The third-order valence-electron chi connectivity index (χ3n) is 2.31. The zero-order valence-electron chi connectivity index (χ0n) is 10.2. The molecule has 0 bridgehead atoms. The van der Waals surface area contributed by atoms with Gasteiger partial charge < -0.3 is 10.5 Å². The Kier molecular flexibility index (Phi) is 5.42. The smallest absolute Gasteiger partial charge is 0.0713 e. The molecule has 0 amide bonds. The predicted molar refractivity (Wildman–Crippen MR) is 65.8 cm³/mol. The fourth-order valence-electron chi connectivity index (χ4n) is 1.64. The molecule has 0 aromatic heterocycles. The molecule has 0 saturated carbocycles. The summed E-state index contributed by atoms with van der Waals surface area (Å²) in [5, 5.41) is 1.92. The predicted octanol–water partition coefficient (Wildman–Crippen LogP) is 0.899. The molecule has 0 aliphatic heterocycles. The molecular formula is C12H21N3O. The van der Waals surface area contributed by atoms with Crippen molar-refractivity contribution in [1.82, 2.24) is 10.4 Å². The van der Waals surface area contributed by atoms with Gasteiger partial charge >= 0.3 is 0 Å². The van der Waals surface area contributed by atoms with Crippen LogP contribution < -0.4 is 11.2 Å². The minimum Gasteiger partial charge on any atom is -0.380 e. The second-order valence-corrected chi connectivity index (χ2v) is 3.99. The zero-order valence-corrected chi connectivity index (χ0v) is 10.2. The van der Waals surface area contributed by atoms with E-state index in [-0.39, 0.29) is 6.04 Å². The van der Waals surface area contributed by atoms with Crippen LogP contribution in [0.2, 0.25) is 0 Å². The minimum atomic E-state index is 0.145. The highest BCUT2D eigenvalue weighted by molar-refractivity contribution is 5.25. The summed E-state index contributed by atoms with van der Waals surface area (Å²) in [7, 11) is 5.62. The van der Waals surface area contributed by atoms with Crippen molar-refractivity contribution in [1.29, 1.82) is 0 Å². The van der Waals surface area contributed by atoms with Gasteiger partial charge in [-0.1, -0.05) is 24.3 Å². The molecule has 1 unspecified atom stereocenters. The molecule has 1 rings (SSSR count). The maximum Gasteiger partial charge on any atom is 0.0713 e. The summed E-state index contributed by atoms with van der Waals surface area (Å²) >= 11 is 0. The molecular weight excluding hydrogens is 202 g/mol. The first kappa shape index (κ1) is 13.1. The van der Waals surface area contributed by atoms with Crippen molar-refractivity contribution in [2.75, 3.05) is 27.7 Å². The van der Waals surface area contributed by atoms with Crippen molar-refractivity contribution in [3.05, 3.63) is 35.4 Å². The molecule has 16 heavy (non-hydrogen) atoms. The third kappa shape index (κ3) is 3.90. The highest BCUT2D eigenvalue weighted by Crippen LogP contribution is 2.14. The van der Waals surface area contributed by atoms with Crippen LogP contribution in [0.25, 0.3) is 0 Å². The van der Waals surface area contributed by atoms with Gasteiger partial charge in [-0.3, -0.25) is 0 Å². The van der Waals surface area contributed by atoms with Crippen LogP contribution in [0, 0.1) is 0 Å². The summed E-state index contributed by atoms with van der Waals surface area (Å²) in [5.74, 6) is 0. The number of hydrogen-bond acceptors (Lipinski definition) is 4. The van der Waals surface area contributed by atoms with E-state index in [0.29, 0.717) is 13.2 Å². The molecule has 0 radical (unpaired) electrons. The van der Waals surface area contributed by atoms with Crippen LogP contribution in [0.4, 0.5) is 0 Å². The molecule has 0 heterocycles. The van der Waals surface area contributed by atoms with Gasteiger partial charge in [0, 0.05) is 27.7 Å². The number of benzene rings is 1. The van der Waals surface area contributed by atoms with Crippen molar-refractivity contribution >= 4 is 0 Å². The first-order valence-corrected chi connectivity index (χ1v) is 5.38. The highest BCUT2D eigenvalue weighted by atomic mass is 16.5. The second-order valence-electron chi connectivity index (χ2n) is 3.99. The Labute approximate surface area is 97.4 Å². The lowest BCUT2D eigenvalue weighted by atomic mass is 10.0. The Morgan fingerprint density at radius 2 is 2.19 bits per heavy atom. The van der Waals surface area contributed by atoms with Crippen LogP contribution in [-0.2, 0) is 11.3 Å². The van der Waals surface area contributed by atoms with Gasteiger partial charge in [0.15, 0.2) is 0 Å². The number of nitrogens with zero attached hydrogens (tertiary/aromatic N) is 1. The van der Waals surface area contributed by atoms with Crippen LogP contribution in [0.5, 0.6) is 0 Å². The van der Waals surface area contributed by atoms with Gasteiger partial charge in [-0.2, -0.15) is 0 Å². The van der Waals surface area contributed by atoms with E-state index in [0.717, 1.165) is 0 Å². The van der Waals surface area contributed by atoms with E-state index in [2.05, 4.69) is 23.6 Å². The van der Waals surface area contributed by atoms with Crippen molar-refractivity contribution in [3.63, 3.8) is 0 Å². The average molecular weight is 223 g/mol. The van der Waals surface area contributed by atoms with E-state index in [4.69, 9.17) is 10.5 Å². The van der Waals surface area contributed by atoms with Crippen molar-refractivity contribution in [3.8, 4) is 0 Å². The second kappa shape index (κ2) is 6.60. The van der Waals surface area contributed by atoms with Crippen LogP contribution in [-0.4, -0.2) is 32.8 Å². The quantitative estimate of drug-likeness (QED) is 0.704. The lowest BCUT2D eigenvalue weighted by molar-refractivity contribution is 0.184. The topological polar surface area (TPSA) is 50.5 Å². The Bertz CT molecular complexity index is 315. The summed E-state index contributed by atoms with van der Waals surface area (Å²) < 4.78 is 5.12. The molecule has 4 nitrogen and oxygen atoms in total. The summed E-state index contributed by atoms with van der Waals surface area (Å²) in [5.41, 5.74) is 11.4. The Hall–Kier alpha value is -0.940. The number of nitrogens with two attached hydrogens (primary N) is 1. The maximum absolute atomic E-state index is 5.76. The summed E-state index contributed by atoms with van der Waals surface area (Å²) in [4.78, 5) is 0. The number of hydrazine groups is 1. The number of nitrogens with one attached hydrogen (secondary N) is 1. The Morgan fingerprint density at radius 1 is 1.44 bits per heavy atom. The molecule has 0 saturated heterocycles. The van der Waals surface area contributed by atoms with E-state index in [1.165, 1.54) is 11.1 Å². The van der Waals surface area contributed by atoms with Crippen LogP contribution in [0.15, 0.2) is 24.3 Å². The van der Waals surface area contributed by atoms with Crippen molar-refractivity contribution in [2.24, 2.45) is 5.73 Å². The molecule has 4 heteroatoms. The molecule has 90 valence electrons. The first-order valence-electron chi connectivity index (χ1n) is 5.38. The monoisotopic (exact) mass is 223 g/mol. The molecule has 1 aromatic rings. The van der Waals surface area contributed by atoms with E-state index >= 15 is 0 Å². The van der Waals surface area contributed by atoms with Crippen LogP contribution >= 0.6 is 0 Å². The van der Waals surface area contributed by atoms with Gasteiger partial charge in [0.25, 0.3) is 0 Å². The van der Waals surface area contributed by atoms with Gasteiger partial charge in [0.05, 0.1) is 12.6 Å². The third-order valence-corrected chi connectivity index (χ3v) is 2.31. The fourth-order valence-corrected chi connectivity index (χ4v) is 1.64. The Balaban J connectivity index is 2.79. The largest absolute Gasteiger partial charge is 0.380 e. The molecule has 1 atom stereocenters. The van der Waals surface area contributed by atoms with Gasteiger partial charge in [-0.25, -0.2) is 10.4 Å².